The Labute approximate surface area is 188 Å². The molecule has 4 aromatic rings. The van der Waals surface area contributed by atoms with Crippen LogP contribution in [0.5, 0.6) is 0 Å². The summed E-state index contributed by atoms with van der Waals surface area (Å²) in [6.07, 6.45) is 4.01. The molecule has 0 bridgehead atoms. The number of benzene rings is 1. The van der Waals surface area contributed by atoms with E-state index in [1.165, 1.54) is 0 Å². The number of fused-ring (bicyclic) bond motifs is 1. The third kappa shape index (κ3) is 3.28. The highest BCUT2D eigenvalue weighted by atomic mass is 32.2. The molecule has 2 N–H and O–H groups in total. The number of hydrogen-bond donors (Lipinski definition) is 2. The minimum absolute atomic E-state index is 0.313. The van der Waals surface area contributed by atoms with Crippen LogP contribution in [0.4, 0.5) is 17.3 Å². The van der Waals surface area contributed by atoms with Crippen molar-refractivity contribution in [3.8, 4) is 11.3 Å². The molecular formula is C23H25N7OS. The molecule has 1 aromatic carbocycles. The lowest BCUT2D eigenvalue weighted by atomic mass is 9.67. The summed E-state index contributed by atoms with van der Waals surface area (Å²) in [6.45, 7) is 0. The zero-order chi connectivity index (χ0) is 21.9. The second-order valence-electron chi connectivity index (χ2n) is 9.07. The Morgan fingerprint density at radius 1 is 1.09 bits per heavy atom. The summed E-state index contributed by atoms with van der Waals surface area (Å²) < 4.78 is 15.2. The minimum atomic E-state index is -0.600. The summed E-state index contributed by atoms with van der Waals surface area (Å²) in [7, 11) is 3.23. The number of hydrogen-bond acceptors (Lipinski definition) is 6. The van der Waals surface area contributed by atoms with Gasteiger partial charge in [-0.25, -0.2) is 4.98 Å². The van der Waals surface area contributed by atoms with Crippen LogP contribution in [0.3, 0.4) is 0 Å². The summed E-state index contributed by atoms with van der Waals surface area (Å²) in [4.78, 5) is 4.80. The topological polar surface area (TPSA) is 89.7 Å². The second kappa shape index (κ2) is 7.16. The van der Waals surface area contributed by atoms with Gasteiger partial charge < -0.3 is 10.6 Å². The number of nitrogens with zero attached hydrogens (tertiary/aromatic N) is 5. The van der Waals surface area contributed by atoms with Gasteiger partial charge in [0.25, 0.3) is 0 Å². The SMILES string of the molecule is Cn1nc(-c2ccccc2)cc1Nc1cc(NC2CC3(C2)CS(=O)C3)c2cnn(C)c2n1. The number of nitrogens with one attached hydrogen (secondary N) is 2. The van der Waals surface area contributed by atoms with Gasteiger partial charge in [0, 0.05) is 60.1 Å². The van der Waals surface area contributed by atoms with Crippen molar-refractivity contribution in [3.63, 3.8) is 0 Å². The Morgan fingerprint density at radius 3 is 2.62 bits per heavy atom. The van der Waals surface area contributed by atoms with E-state index in [1.54, 1.807) is 4.68 Å². The summed E-state index contributed by atoms with van der Waals surface area (Å²) in [5, 5.41) is 17.2. The highest BCUT2D eigenvalue weighted by Crippen LogP contribution is 2.49. The lowest BCUT2D eigenvalue weighted by Gasteiger charge is -2.53. The first-order valence-electron chi connectivity index (χ1n) is 10.8. The van der Waals surface area contributed by atoms with Gasteiger partial charge in [-0.3, -0.25) is 13.6 Å². The second-order valence-corrected chi connectivity index (χ2v) is 10.5. The van der Waals surface area contributed by atoms with Crippen molar-refractivity contribution in [2.75, 3.05) is 22.1 Å². The summed E-state index contributed by atoms with van der Waals surface area (Å²) >= 11 is 0. The summed E-state index contributed by atoms with van der Waals surface area (Å²) in [6, 6.07) is 14.6. The van der Waals surface area contributed by atoms with Gasteiger partial charge in [-0.15, -0.1) is 0 Å². The Hall–Kier alpha value is -3.20. The van der Waals surface area contributed by atoms with Crippen LogP contribution in [0.25, 0.3) is 22.3 Å². The van der Waals surface area contributed by atoms with E-state index >= 15 is 0 Å². The van der Waals surface area contributed by atoms with Crippen LogP contribution in [0.1, 0.15) is 12.8 Å². The number of aryl methyl sites for hydroxylation is 2. The van der Waals surface area contributed by atoms with Crippen molar-refractivity contribution >= 4 is 39.2 Å². The molecule has 0 atom stereocenters. The normalized spacial score (nSPS) is 24.3. The lowest BCUT2D eigenvalue weighted by molar-refractivity contribution is 0.159. The molecule has 2 fully saturated rings. The van der Waals surface area contributed by atoms with Crippen LogP contribution in [0.2, 0.25) is 0 Å². The van der Waals surface area contributed by atoms with Crippen molar-refractivity contribution in [1.82, 2.24) is 24.5 Å². The molecule has 6 rings (SSSR count). The van der Waals surface area contributed by atoms with E-state index in [1.807, 2.05) is 55.3 Å². The van der Waals surface area contributed by atoms with Gasteiger partial charge >= 0.3 is 0 Å². The quantitative estimate of drug-likeness (QED) is 0.487. The van der Waals surface area contributed by atoms with Crippen LogP contribution in [0, 0.1) is 5.41 Å². The fourth-order valence-electron chi connectivity index (χ4n) is 4.95. The average molecular weight is 448 g/mol. The first-order valence-corrected chi connectivity index (χ1v) is 12.3. The smallest absolute Gasteiger partial charge is 0.161 e. The first kappa shape index (κ1) is 19.5. The number of anilines is 3. The van der Waals surface area contributed by atoms with E-state index in [2.05, 4.69) is 33.0 Å². The number of pyridine rings is 1. The van der Waals surface area contributed by atoms with E-state index < -0.39 is 10.8 Å². The molecule has 0 unspecified atom stereocenters. The van der Waals surface area contributed by atoms with Gasteiger partial charge in [0.2, 0.25) is 0 Å². The van der Waals surface area contributed by atoms with Crippen molar-refractivity contribution < 1.29 is 4.21 Å². The summed E-state index contributed by atoms with van der Waals surface area (Å²) in [5.41, 5.74) is 4.14. The molecule has 1 saturated heterocycles. The Balaban J connectivity index is 1.28. The average Bonchev–Trinajstić information content (AvgIpc) is 3.29. The van der Waals surface area contributed by atoms with Crippen LogP contribution in [-0.4, -0.2) is 46.3 Å². The van der Waals surface area contributed by atoms with Gasteiger partial charge in [-0.2, -0.15) is 10.2 Å². The van der Waals surface area contributed by atoms with Gasteiger partial charge in [-0.1, -0.05) is 30.3 Å². The number of aromatic nitrogens is 5. The van der Waals surface area contributed by atoms with Crippen LogP contribution >= 0.6 is 0 Å². The van der Waals surface area contributed by atoms with Gasteiger partial charge in [-0.05, 0) is 18.3 Å². The van der Waals surface area contributed by atoms with Crippen molar-refractivity contribution in [3.05, 3.63) is 48.7 Å². The maximum atomic E-state index is 11.5. The zero-order valence-corrected chi connectivity index (χ0v) is 18.9. The Bertz CT molecular complexity index is 1330. The van der Waals surface area contributed by atoms with Gasteiger partial charge in [0.1, 0.15) is 11.6 Å². The third-order valence-electron chi connectivity index (χ3n) is 6.56. The molecule has 32 heavy (non-hydrogen) atoms. The van der Waals surface area contributed by atoms with Crippen LogP contribution in [-0.2, 0) is 24.9 Å². The van der Waals surface area contributed by atoms with Crippen molar-refractivity contribution in [2.24, 2.45) is 19.5 Å². The molecule has 3 aromatic heterocycles. The van der Waals surface area contributed by atoms with E-state index in [9.17, 15) is 4.21 Å². The fraction of sp³-hybridized carbons (Fsp3) is 0.348. The van der Waals surface area contributed by atoms with E-state index in [4.69, 9.17) is 4.98 Å². The highest BCUT2D eigenvalue weighted by molar-refractivity contribution is 7.86. The zero-order valence-electron chi connectivity index (χ0n) is 18.1. The number of rotatable bonds is 5. The maximum Gasteiger partial charge on any atom is 0.161 e. The maximum absolute atomic E-state index is 11.5. The van der Waals surface area contributed by atoms with Gasteiger partial charge in [0.15, 0.2) is 5.65 Å². The molecule has 0 radical (unpaired) electrons. The van der Waals surface area contributed by atoms with E-state index in [-0.39, 0.29) is 0 Å². The van der Waals surface area contributed by atoms with E-state index in [0.717, 1.165) is 64.0 Å². The molecular weight excluding hydrogens is 422 g/mol. The lowest BCUT2D eigenvalue weighted by Crippen LogP contribution is -2.57. The highest BCUT2D eigenvalue weighted by Gasteiger charge is 2.52. The molecule has 164 valence electrons. The van der Waals surface area contributed by atoms with Crippen molar-refractivity contribution in [2.45, 2.75) is 18.9 Å². The predicted molar refractivity (Wildman–Crippen MR) is 127 cm³/mol. The van der Waals surface area contributed by atoms with Gasteiger partial charge in [0.05, 0.1) is 23.0 Å². The largest absolute Gasteiger partial charge is 0.382 e. The Kier molecular flexibility index (Phi) is 4.36. The Morgan fingerprint density at radius 2 is 1.88 bits per heavy atom. The fourth-order valence-corrected chi connectivity index (χ4v) is 6.70. The molecule has 8 nitrogen and oxygen atoms in total. The molecule has 4 heterocycles. The third-order valence-corrected chi connectivity index (χ3v) is 8.43. The first-order chi connectivity index (χ1) is 15.5. The van der Waals surface area contributed by atoms with Crippen LogP contribution < -0.4 is 10.6 Å². The standard InChI is InChI=1S/C23H25N7OS/c1-29-21(9-18(28-29)15-6-4-3-5-7-15)26-20-8-19(17-12-24-30(2)22(17)27-20)25-16-10-23(11-16)13-32(31)14-23/h3-9,12,16H,10-11,13-14H2,1-2H3,(H2,25,26,27). The molecule has 1 aliphatic heterocycles. The van der Waals surface area contributed by atoms with Crippen molar-refractivity contribution in [1.29, 1.82) is 0 Å². The van der Waals surface area contributed by atoms with E-state index in [0.29, 0.717) is 11.5 Å². The predicted octanol–water partition coefficient (Wildman–Crippen LogP) is 3.44. The molecule has 1 aliphatic carbocycles. The summed E-state index contributed by atoms with van der Waals surface area (Å²) in [5.74, 6) is 3.33. The monoisotopic (exact) mass is 447 g/mol. The molecule has 9 heteroatoms. The molecule has 0 amide bonds. The molecule has 2 aliphatic rings. The van der Waals surface area contributed by atoms with Crippen LogP contribution in [0.15, 0.2) is 48.7 Å². The molecule has 1 saturated carbocycles. The molecule has 1 spiro atoms. The minimum Gasteiger partial charge on any atom is -0.382 e.